The lowest BCUT2D eigenvalue weighted by Gasteiger charge is -2.14. The lowest BCUT2D eigenvalue weighted by Crippen LogP contribution is -2.22. The quantitative estimate of drug-likeness (QED) is 0.0777. The molecule has 2 rings (SSSR count). The normalized spacial score (nSPS) is 12.0. The molecule has 0 spiro atoms. The molecule has 0 bridgehead atoms. The molecule has 1 atom stereocenters. The van der Waals surface area contributed by atoms with E-state index in [1.807, 2.05) is 6.07 Å². The predicted octanol–water partition coefficient (Wildman–Crippen LogP) is 3.89. The van der Waals surface area contributed by atoms with Crippen LogP contribution < -0.4 is 15.8 Å². The van der Waals surface area contributed by atoms with Gasteiger partial charge < -0.3 is 31.1 Å². The molecule has 0 saturated carbocycles. The van der Waals surface area contributed by atoms with Crippen LogP contribution in [0, 0.1) is 0 Å². The van der Waals surface area contributed by atoms with Gasteiger partial charge >= 0.3 is 11.9 Å². The summed E-state index contributed by atoms with van der Waals surface area (Å²) in [5.74, 6) is -2.18. The van der Waals surface area contributed by atoms with Crippen molar-refractivity contribution in [2.24, 2.45) is 0 Å². The predicted molar refractivity (Wildman–Crippen MR) is 163 cm³/mol. The molecule has 1 aromatic carbocycles. The molecule has 12 nitrogen and oxygen atoms in total. The largest absolute Gasteiger partial charge is 0.478 e. The van der Waals surface area contributed by atoms with E-state index in [0.29, 0.717) is 59.0 Å². The molecule has 0 aliphatic carbocycles. The molecule has 0 aliphatic heterocycles. The zero-order valence-electron chi connectivity index (χ0n) is 23.3. The first-order chi connectivity index (χ1) is 19.8. The third kappa shape index (κ3) is 17.8. The summed E-state index contributed by atoms with van der Waals surface area (Å²) in [5.41, 5.74) is 7.51. The molecule has 0 amide bonds. The van der Waals surface area contributed by atoms with E-state index in [2.05, 4.69) is 15.0 Å². The topological polar surface area (TPSA) is 201 Å². The summed E-state index contributed by atoms with van der Waals surface area (Å²) in [6.07, 6.45) is 7.24. The number of aryl methyl sites for hydroxylation is 1. The van der Waals surface area contributed by atoms with Gasteiger partial charge in [0.1, 0.15) is 5.82 Å². The molecular formula is C27H38Cl2N4O8S. The maximum absolute atomic E-state index is 11.3. The molecular weight excluding hydrogens is 611 g/mol. The number of sulfonamides is 1. The van der Waals surface area contributed by atoms with E-state index in [-0.39, 0.29) is 0 Å². The molecule has 1 aromatic heterocycles. The summed E-state index contributed by atoms with van der Waals surface area (Å²) < 4.78 is 30.6. The lowest BCUT2D eigenvalue weighted by atomic mass is 10.1. The van der Waals surface area contributed by atoms with E-state index in [4.69, 9.17) is 43.9 Å². The molecule has 1 heterocycles. The number of hydrogen-bond acceptors (Lipinski definition) is 9. The van der Waals surface area contributed by atoms with Crippen molar-refractivity contribution >= 4 is 56.7 Å². The first-order valence-electron chi connectivity index (χ1n) is 13.1. The van der Waals surface area contributed by atoms with Gasteiger partial charge in [0.25, 0.3) is 0 Å². The van der Waals surface area contributed by atoms with Crippen LogP contribution in [0.25, 0.3) is 0 Å². The number of carbonyl (C=O) groups is 2. The van der Waals surface area contributed by atoms with Crippen molar-refractivity contribution in [2.45, 2.75) is 44.6 Å². The zero-order chi connectivity index (χ0) is 31.5. The fourth-order valence-corrected chi connectivity index (χ4v) is 4.42. The number of carboxylic acids is 2. The Hall–Kier alpha value is -2.94. The number of aliphatic carboxylic acids is 2. The number of benzene rings is 1. The average Bonchev–Trinajstić information content (AvgIpc) is 2.90. The van der Waals surface area contributed by atoms with Crippen molar-refractivity contribution in [1.29, 1.82) is 0 Å². The maximum atomic E-state index is 11.3. The summed E-state index contributed by atoms with van der Waals surface area (Å²) in [6.45, 7) is 2.59. The minimum absolute atomic E-state index is 0.322. The Morgan fingerprint density at radius 3 is 2.21 bits per heavy atom. The Kier molecular flexibility index (Phi) is 17.7. The number of aliphatic hydroxyl groups is 1. The molecule has 7 N–H and O–H groups in total. The molecule has 2 aromatic rings. The van der Waals surface area contributed by atoms with Gasteiger partial charge in [0, 0.05) is 37.6 Å². The number of rotatable bonds is 18. The molecule has 0 saturated heterocycles. The highest BCUT2D eigenvalue weighted by atomic mass is 35.5. The van der Waals surface area contributed by atoms with Crippen LogP contribution in [-0.2, 0) is 30.8 Å². The summed E-state index contributed by atoms with van der Waals surface area (Å²) >= 11 is 12.0. The van der Waals surface area contributed by atoms with Gasteiger partial charge in [-0.3, -0.25) is 4.72 Å². The molecule has 234 valence electrons. The smallest absolute Gasteiger partial charge is 0.328 e. The van der Waals surface area contributed by atoms with Gasteiger partial charge in [-0.05, 0) is 62.1 Å². The Balaban J connectivity index is 0.000000962. The highest BCUT2D eigenvalue weighted by Gasteiger charge is 2.12. The van der Waals surface area contributed by atoms with Gasteiger partial charge in [0.05, 0.1) is 28.1 Å². The number of ether oxygens (including phenoxy) is 1. The minimum Gasteiger partial charge on any atom is -0.478 e. The second kappa shape index (κ2) is 20.1. The van der Waals surface area contributed by atoms with Crippen LogP contribution in [0.15, 0.2) is 42.5 Å². The minimum atomic E-state index is -3.32. The van der Waals surface area contributed by atoms with Crippen molar-refractivity contribution in [3.63, 3.8) is 0 Å². The Bertz CT molecular complexity index is 1240. The number of aliphatic hydroxyl groups excluding tert-OH is 1. The standard InChI is InChI=1S/C23H34Cl2N4O4S.C4H4O4/c1-34(31,32)29-22-10-6-8-18(28-22)9-7-13-33-12-5-3-2-4-11-27-16-21(30)17-14-19(24)23(26)20(25)15-17;5-3(6)1-2-4(7)8/h6,8,10,14-15,21,27,30H,2-5,7,9,11-13,16,26H2,1H3,(H,28,29);1-2H,(H,5,6)(H,7,8). The van der Waals surface area contributed by atoms with Crippen LogP contribution in [-0.4, -0.2) is 73.2 Å². The summed E-state index contributed by atoms with van der Waals surface area (Å²) in [6, 6.07) is 8.57. The lowest BCUT2D eigenvalue weighted by molar-refractivity contribution is -0.134. The number of anilines is 2. The number of nitrogens with one attached hydrogen (secondary N) is 2. The second-order valence-electron chi connectivity index (χ2n) is 9.15. The summed E-state index contributed by atoms with van der Waals surface area (Å²) in [7, 11) is -3.32. The number of unbranched alkanes of at least 4 members (excludes halogenated alkanes) is 3. The first-order valence-corrected chi connectivity index (χ1v) is 15.7. The van der Waals surface area contributed by atoms with Crippen molar-refractivity contribution in [2.75, 3.05) is 43.0 Å². The third-order valence-electron chi connectivity index (χ3n) is 5.40. The Labute approximate surface area is 255 Å². The molecule has 15 heteroatoms. The van der Waals surface area contributed by atoms with Gasteiger partial charge in [-0.1, -0.05) is 42.1 Å². The van der Waals surface area contributed by atoms with E-state index in [1.54, 1.807) is 24.3 Å². The van der Waals surface area contributed by atoms with E-state index < -0.39 is 28.1 Å². The van der Waals surface area contributed by atoms with E-state index in [0.717, 1.165) is 57.0 Å². The SMILES string of the molecule is CS(=O)(=O)Nc1cccc(CCCOCCCCCCNCC(O)c2cc(Cl)c(N)c(Cl)c2)n1.O=C(O)C=CC(=O)O. The number of nitrogens with two attached hydrogens (primary N) is 1. The molecule has 42 heavy (non-hydrogen) atoms. The van der Waals surface area contributed by atoms with Gasteiger partial charge in [0.15, 0.2) is 0 Å². The van der Waals surface area contributed by atoms with Crippen molar-refractivity contribution in [1.82, 2.24) is 10.3 Å². The third-order valence-corrected chi connectivity index (χ3v) is 6.61. The molecule has 0 radical (unpaired) electrons. The first kappa shape index (κ1) is 37.1. The second-order valence-corrected chi connectivity index (χ2v) is 11.7. The number of nitrogen functional groups attached to an aromatic ring is 1. The Morgan fingerprint density at radius 1 is 1.02 bits per heavy atom. The van der Waals surface area contributed by atoms with E-state index in [9.17, 15) is 23.1 Å². The highest BCUT2D eigenvalue weighted by Crippen LogP contribution is 2.31. The van der Waals surface area contributed by atoms with Crippen molar-refractivity contribution in [3.8, 4) is 0 Å². The van der Waals surface area contributed by atoms with Crippen LogP contribution in [0.4, 0.5) is 11.5 Å². The van der Waals surface area contributed by atoms with Crippen molar-refractivity contribution in [3.05, 3.63) is 63.8 Å². The number of halogens is 2. The van der Waals surface area contributed by atoms with Crippen LogP contribution in [0.5, 0.6) is 0 Å². The summed E-state index contributed by atoms with van der Waals surface area (Å²) in [4.78, 5) is 23.4. The average molecular weight is 650 g/mol. The van der Waals surface area contributed by atoms with Crippen LogP contribution in [0.1, 0.15) is 49.5 Å². The fraction of sp³-hybridized carbons (Fsp3) is 0.444. The van der Waals surface area contributed by atoms with Gasteiger partial charge in [-0.15, -0.1) is 0 Å². The number of nitrogens with zero attached hydrogens (tertiary/aromatic N) is 1. The van der Waals surface area contributed by atoms with Gasteiger partial charge in [-0.2, -0.15) is 0 Å². The number of carboxylic acid groups (broad SMARTS) is 2. The van der Waals surface area contributed by atoms with Gasteiger partial charge in [-0.25, -0.2) is 23.0 Å². The number of pyridine rings is 1. The van der Waals surface area contributed by atoms with Crippen LogP contribution in [0.3, 0.4) is 0 Å². The van der Waals surface area contributed by atoms with E-state index >= 15 is 0 Å². The molecule has 0 aliphatic rings. The monoisotopic (exact) mass is 648 g/mol. The van der Waals surface area contributed by atoms with Gasteiger partial charge in [0.2, 0.25) is 10.0 Å². The maximum Gasteiger partial charge on any atom is 0.328 e. The van der Waals surface area contributed by atoms with Crippen LogP contribution in [0.2, 0.25) is 10.0 Å². The summed E-state index contributed by atoms with van der Waals surface area (Å²) in [5, 5.41) is 29.8. The van der Waals surface area contributed by atoms with E-state index in [1.165, 1.54) is 0 Å². The molecule has 1 unspecified atom stereocenters. The fourth-order valence-electron chi connectivity index (χ4n) is 3.43. The Morgan fingerprint density at radius 2 is 1.62 bits per heavy atom. The number of aromatic nitrogens is 1. The highest BCUT2D eigenvalue weighted by molar-refractivity contribution is 7.92. The van der Waals surface area contributed by atoms with Crippen LogP contribution >= 0.6 is 23.2 Å². The zero-order valence-corrected chi connectivity index (χ0v) is 25.6. The number of hydrogen-bond donors (Lipinski definition) is 6. The van der Waals surface area contributed by atoms with Crippen molar-refractivity contribution < 1.29 is 38.1 Å². The molecule has 0 fully saturated rings.